The molecule has 14 heavy (non-hydrogen) atoms. The lowest BCUT2D eigenvalue weighted by Crippen LogP contribution is -2.11. The Morgan fingerprint density at radius 1 is 1.64 bits per heavy atom. The summed E-state index contributed by atoms with van der Waals surface area (Å²) in [4.78, 5) is 21.7. The Kier molecular flexibility index (Phi) is 2.89. The van der Waals surface area contributed by atoms with Crippen molar-refractivity contribution in [3.63, 3.8) is 0 Å². The monoisotopic (exact) mass is 209 g/mol. The molecule has 5 heteroatoms. The fourth-order valence-electron chi connectivity index (χ4n) is 0.907. The Morgan fingerprint density at radius 2 is 2.29 bits per heavy atom. The second-order valence-corrected chi connectivity index (χ2v) is 3.41. The number of nitrogens with one attached hydrogen (secondary N) is 1. The zero-order chi connectivity index (χ0) is 10.7. The van der Waals surface area contributed by atoms with Crippen molar-refractivity contribution in [1.82, 2.24) is 0 Å². The third-order valence-corrected chi connectivity index (χ3v) is 2.62. The molecular formula is C9H7NO3S. The number of terminal acetylenes is 1. The van der Waals surface area contributed by atoms with Crippen LogP contribution in [0.4, 0.5) is 5.69 Å². The highest BCUT2D eigenvalue weighted by atomic mass is 32.1. The summed E-state index contributed by atoms with van der Waals surface area (Å²) in [6.45, 7) is 1.70. The van der Waals surface area contributed by atoms with Crippen LogP contribution < -0.4 is 5.32 Å². The molecule has 0 aliphatic rings. The van der Waals surface area contributed by atoms with E-state index in [0.29, 0.717) is 5.56 Å². The van der Waals surface area contributed by atoms with Gasteiger partial charge < -0.3 is 10.4 Å². The maximum Gasteiger partial charge on any atom is 0.348 e. The number of hydrogen-bond acceptors (Lipinski definition) is 3. The van der Waals surface area contributed by atoms with Crippen LogP contribution in [0.5, 0.6) is 0 Å². The summed E-state index contributed by atoms with van der Waals surface area (Å²) in [5, 5.41) is 12.8. The van der Waals surface area contributed by atoms with Crippen LogP contribution in [0.15, 0.2) is 5.38 Å². The summed E-state index contributed by atoms with van der Waals surface area (Å²) in [6, 6.07) is 0. The van der Waals surface area contributed by atoms with Crippen LogP contribution in [0.2, 0.25) is 0 Å². The SMILES string of the molecule is C#CC(=O)Nc1c(C)csc1C(=O)O. The van der Waals surface area contributed by atoms with E-state index in [4.69, 9.17) is 11.5 Å². The Labute approximate surface area is 84.6 Å². The molecule has 1 heterocycles. The standard InChI is InChI=1S/C9H7NO3S/c1-3-6(11)10-7-5(2)4-14-8(7)9(12)13/h1,4H,2H3,(H,10,11)(H,12,13). The molecule has 2 N–H and O–H groups in total. The molecule has 0 atom stereocenters. The number of carboxylic acids is 1. The first-order valence-corrected chi connectivity index (χ1v) is 4.53. The minimum atomic E-state index is -1.07. The van der Waals surface area contributed by atoms with Gasteiger partial charge in [-0.3, -0.25) is 4.79 Å². The molecule has 0 fully saturated rings. The molecule has 0 unspecified atom stereocenters. The molecule has 0 radical (unpaired) electrons. The van der Waals surface area contributed by atoms with Crippen molar-refractivity contribution < 1.29 is 14.7 Å². The van der Waals surface area contributed by atoms with Gasteiger partial charge in [-0.2, -0.15) is 0 Å². The predicted molar refractivity (Wildman–Crippen MR) is 53.5 cm³/mol. The number of carboxylic acid groups (broad SMARTS) is 1. The molecule has 1 rings (SSSR count). The first-order chi connectivity index (χ1) is 6.56. The van der Waals surface area contributed by atoms with Crippen LogP contribution in [0.3, 0.4) is 0 Å². The van der Waals surface area contributed by atoms with Gasteiger partial charge in [0.25, 0.3) is 5.91 Å². The van der Waals surface area contributed by atoms with E-state index >= 15 is 0 Å². The Hall–Kier alpha value is -1.80. The first-order valence-electron chi connectivity index (χ1n) is 3.65. The number of aromatic carboxylic acids is 1. The minimum absolute atomic E-state index is 0.0890. The van der Waals surface area contributed by atoms with Gasteiger partial charge in [0, 0.05) is 0 Å². The van der Waals surface area contributed by atoms with E-state index in [1.165, 1.54) is 0 Å². The summed E-state index contributed by atoms with van der Waals surface area (Å²) < 4.78 is 0. The summed E-state index contributed by atoms with van der Waals surface area (Å²) in [5.41, 5.74) is 0.974. The van der Waals surface area contributed by atoms with E-state index in [-0.39, 0.29) is 10.6 Å². The number of carbonyl (C=O) groups is 2. The smallest absolute Gasteiger partial charge is 0.348 e. The van der Waals surface area contributed by atoms with E-state index < -0.39 is 11.9 Å². The van der Waals surface area contributed by atoms with Crippen molar-refractivity contribution in [2.75, 3.05) is 5.32 Å². The number of hydrogen-bond donors (Lipinski definition) is 2. The molecule has 0 spiro atoms. The van der Waals surface area contributed by atoms with Crippen molar-refractivity contribution >= 4 is 28.9 Å². The highest BCUT2D eigenvalue weighted by molar-refractivity contribution is 7.12. The molecule has 1 aromatic heterocycles. The van der Waals surface area contributed by atoms with Crippen LogP contribution in [0, 0.1) is 19.3 Å². The lowest BCUT2D eigenvalue weighted by atomic mass is 10.2. The molecular weight excluding hydrogens is 202 g/mol. The van der Waals surface area contributed by atoms with Crippen LogP contribution in [-0.4, -0.2) is 17.0 Å². The van der Waals surface area contributed by atoms with Crippen LogP contribution in [-0.2, 0) is 4.79 Å². The minimum Gasteiger partial charge on any atom is -0.477 e. The first kappa shape index (κ1) is 10.3. The molecule has 0 aliphatic carbocycles. The van der Waals surface area contributed by atoms with Crippen LogP contribution in [0.25, 0.3) is 0 Å². The average Bonchev–Trinajstić information content (AvgIpc) is 2.48. The van der Waals surface area contributed by atoms with Crippen molar-refractivity contribution in [3.05, 3.63) is 15.8 Å². The summed E-state index contributed by atoms with van der Waals surface area (Å²) in [7, 11) is 0. The van der Waals surface area contributed by atoms with Gasteiger partial charge in [-0.05, 0) is 23.8 Å². The van der Waals surface area contributed by atoms with Crippen molar-refractivity contribution in [1.29, 1.82) is 0 Å². The van der Waals surface area contributed by atoms with Gasteiger partial charge >= 0.3 is 5.97 Å². The van der Waals surface area contributed by atoms with E-state index in [0.717, 1.165) is 11.3 Å². The highest BCUT2D eigenvalue weighted by Gasteiger charge is 2.16. The lowest BCUT2D eigenvalue weighted by Gasteiger charge is -2.01. The average molecular weight is 209 g/mol. The van der Waals surface area contributed by atoms with Gasteiger partial charge in [0.05, 0.1) is 5.69 Å². The normalized spacial score (nSPS) is 9.14. The molecule has 4 nitrogen and oxygen atoms in total. The fraction of sp³-hybridized carbons (Fsp3) is 0.111. The largest absolute Gasteiger partial charge is 0.477 e. The predicted octanol–water partition coefficient (Wildman–Crippen LogP) is 1.33. The van der Waals surface area contributed by atoms with E-state index in [1.807, 2.05) is 5.92 Å². The summed E-state index contributed by atoms with van der Waals surface area (Å²) >= 11 is 1.05. The van der Waals surface area contributed by atoms with Crippen LogP contribution >= 0.6 is 11.3 Å². The van der Waals surface area contributed by atoms with Crippen molar-refractivity contribution in [3.8, 4) is 12.3 Å². The lowest BCUT2D eigenvalue weighted by molar-refractivity contribution is -0.111. The van der Waals surface area contributed by atoms with Gasteiger partial charge in [-0.25, -0.2) is 4.79 Å². The molecule has 0 bridgehead atoms. The Bertz CT molecular complexity index is 428. The zero-order valence-electron chi connectivity index (χ0n) is 7.33. The number of carbonyl (C=O) groups excluding carboxylic acids is 1. The molecule has 0 aromatic carbocycles. The maximum absolute atomic E-state index is 10.9. The molecule has 0 saturated heterocycles. The topological polar surface area (TPSA) is 66.4 Å². The molecule has 72 valence electrons. The van der Waals surface area contributed by atoms with E-state index in [1.54, 1.807) is 12.3 Å². The maximum atomic E-state index is 10.9. The zero-order valence-corrected chi connectivity index (χ0v) is 8.14. The Balaban J connectivity index is 3.07. The van der Waals surface area contributed by atoms with Crippen molar-refractivity contribution in [2.24, 2.45) is 0 Å². The second-order valence-electron chi connectivity index (χ2n) is 2.53. The number of anilines is 1. The van der Waals surface area contributed by atoms with Crippen LogP contribution in [0.1, 0.15) is 15.2 Å². The van der Waals surface area contributed by atoms with Gasteiger partial charge in [-0.1, -0.05) is 0 Å². The summed E-state index contributed by atoms with van der Waals surface area (Å²) in [5.74, 6) is 0.140. The fourth-order valence-corrected chi connectivity index (χ4v) is 1.75. The number of amides is 1. The summed E-state index contributed by atoms with van der Waals surface area (Å²) in [6.07, 6.45) is 4.86. The van der Waals surface area contributed by atoms with Gasteiger partial charge in [-0.15, -0.1) is 17.8 Å². The van der Waals surface area contributed by atoms with Gasteiger partial charge in [0.2, 0.25) is 0 Å². The quantitative estimate of drug-likeness (QED) is 0.722. The Morgan fingerprint density at radius 3 is 2.79 bits per heavy atom. The molecule has 1 amide bonds. The third kappa shape index (κ3) is 1.92. The highest BCUT2D eigenvalue weighted by Crippen LogP contribution is 2.27. The van der Waals surface area contributed by atoms with E-state index in [2.05, 4.69) is 5.32 Å². The van der Waals surface area contributed by atoms with E-state index in [9.17, 15) is 9.59 Å². The molecule has 1 aromatic rings. The van der Waals surface area contributed by atoms with Gasteiger partial charge in [0.15, 0.2) is 0 Å². The van der Waals surface area contributed by atoms with Gasteiger partial charge in [0.1, 0.15) is 4.88 Å². The number of rotatable bonds is 2. The third-order valence-electron chi connectivity index (χ3n) is 1.54. The number of thiophene rings is 1. The number of aryl methyl sites for hydroxylation is 1. The molecule has 0 saturated carbocycles. The van der Waals surface area contributed by atoms with Crippen molar-refractivity contribution in [2.45, 2.75) is 6.92 Å². The second kappa shape index (κ2) is 3.94. The molecule has 0 aliphatic heterocycles.